The van der Waals surface area contributed by atoms with Gasteiger partial charge < -0.3 is 9.30 Å². The lowest BCUT2D eigenvalue weighted by Crippen LogP contribution is -2.06. The molecule has 2 heterocycles. The van der Waals surface area contributed by atoms with E-state index in [0.717, 1.165) is 29.5 Å². The number of esters is 1. The third-order valence-electron chi connectivity index (χ3n) is 3.24. The van der Waals surface area contributed by atoms with E-state index in [2.05, 4.69) is 45.7 Å². The van der Waals surface area contributed by atoms with E-state index in [1.165, 1.54) is 29.3 Å². The van der Waals surface area contributed by atoms with E-state index in [0.29, 0.717) is 0 Å². The first kappa shape index (κ1) is 16.0. The van der Waals surface area contributed by atoms with Gasteiger partial charge in [-0.15, -0.1) is 21.5 Å². The van der Waals surface area contributed by atoms with Crippen LogP contribution < -0.4 is 0 Å². The molecular formula is C14H19N3O2S2. The second-order valence-electron chi connectivity index (χ2n) is 4.65. The van der Waals surface area contributed by atoms with E-state index in [9.17, 15) is 4.79 Å². The Balaban J connectivity index is 2.32. The van der Waals surface area contributed by atoms with Crippen molar-refractivity contribution in [2.45, 2.75) is 38.9 Å². The van der Waals surface area contributed by atoms with Crippen LogP contribution >= 0.6 is 23.1 Å². The highest BCUT2D eigenvalue weighted by molar-refractivity contribution is 7.99. The minimum absolute atomic E-state index is 0.250. The van der Waals surface area contributed by atoms with Crippen molar-refractivity contribution in [3.63, 3.8) is 0 Å². The van der Waals surface area contributed by atoms with Crippen molar-refractivity contribution in [3.05, 3.63) is 15.8 Å². The zero-order valence-electron chi connectivity index (χ0n) is 12.7. The molecule has 0 aliphatic heterocycles. The largest absolute Gasteiger partial charge is 0.468 e. The Morgan fingerprint density at radius 3 is 2.76 bits per heavy atom. The first-order valence-electron chi connectivity index (χ1n) is 6.76. The maximum Gasteiger partial charge on any atom is 0.316 e. The Morgan fingerprint density at radius 1 is 1.43 bits per heavy atom. The summed E-state index contributed by atoms with van der Waals surface area (Å²) in [6.45, 7) is 7.16. The fourth-order valence-electron chi connectivity index (χ4n) is 1.94. The number of thioether (sulfide) groups is 1. The number of rotatable bonds is 6. The number of aromatic nitrogens is 3. The van der Waals surface area contributed by atoms with Gasteiger partial charge in [0.15, 0.2) is 11.0 Å². The van der Waals surface area contributed by atoms with Gasteiger partial charge in [-0.25, -0.2) is 0 Å². The van der Waals surface area contributed by atoms with Gasteiger partial charge in [0.2, 0.25) is 0 Å². The van der Waals surface area contributed by atoms with Crippen molar-refractivity contribution in [1.29, 1.82) is 0 Å². The van der Waals surface area contributed by atoms with Gasteiger partial charge in [0.1, 0.15) is 0 Å². The molecule has 0 atom stereocenters. The molecule has 0 amide bonds. The molecule has 7 heteroatoms. The minimum atomic E-state index is -0.254. The maximum atomic E-state index is 11.3. The molecule has 0 unspecified atom stereocenters. The van der Waals surface area contributed by atoms with E-state index in [1.807, 2.05) is 0 Å². The fourth-order valence-corrected chi connectivity index (χ4v) is 3.60. The average molecular weight is 325 g/mol. The Bertz CT molecular complexity index is 634. The van der Waals surface area contributed by atoms with Crippen molar-refractivity contribution in [2.75, 3.05) is 12.9 Å². The highest BCUT2D eigenvalue weighted by Gasteiger charge is 2.18. The van der Waals surface area contributed by atoms with Crippen molar-refractivity contribution in [1.82, 2.24) is 14.8 Å². The molecule has 0 fully saturated rings. The summed E-state index contributed by atoms with van der Waals surface area (Å²) in [7, 11) is 1.39. The predicted octanol–water partition coefficient (Wildman–Crippen LogP) is 3.30. The molecule has 0 aromatic carbocycles. The summed E-state index contributed by atoms with van der Waals surface area (Å²) in [5.74, 6) is 0.876. The number of methoxy groups -OCH3 is 1. The molecule has 0 aliphatic rings. The highest BCUT2D eigenvalue weighted by atomic mass is 32.2. The normalized spacial score (nSPS) is 10.9. The van der Waals surface area contributed by atoms with Crippen molar-refractivity contribution in [3.8, 4) is 11.4 Å². The number of carbonyl (C=O) groups excluding carboxylic acids is 1. The SMILES string of the molecule is CCCn1c(SCC(=O)OC)nnc1-c1csc(C)c1C. The smallest absolute Gasteiger partial charge is 0.316 e. The lowest BCUT2D eigenvalue weighted by atomic mass is 10.1. The topological polar surface area (TPSA) is 57.0 Å². The van der Waals surface area contributed by atoms with Crippen LogP contribution in [0.2, 0.25) is 0 Å². The number of hydrogen-bond acceptors (Lipinski definition) is 6. The Kier molecular flexibility index (Phi) is 5.41. The first-order valence-corrected chi connectivity index (χ1v) is 8.62. The minimum Gasteiger partial charge on any atom is -0.468 e. The van der Waals surface area contributed by atoms with Gasteiger partial charge in [-0.2, -0.15) is 0 Å². The third-order valence-corrected chi connectivity index (χ3v) is 5.19. The lowest BCUT2D eigenvalue weighted by molar-refractivity contribution is -0.137. The molecule has 5 nitrogen and oxygen atoms in total. The van der Waals surface area contributed by atoms with E-state index >= 15 is 0 Å². The van der Waals surface area contributed by atoms with E-state index in [1.54, 1.807) is 11.3 Å². The standard InChI is InChI=1S/C14H19N3O2S2/c1-5-6-17-13(11-7-20-10(3)9(11)2)15-16-14(17)21-8-12(18)19-4/h7H,5-6,8H2,1-4H3. The van der Waals surface area contributed by atoms with Crippen LogP contribution in [0.15, 0.2) is 10.5 Å². The third kappa shape index (κ3) is 3.47. The number of ether oxygens (including phenoxy) is 1. The van der Waals surface area contributed by atoms with Gasteiger partial charge in [0, 0.05) is 22.4 Å². The zero-order valence-corrected chi connectivity index (χ0v) is 14.3. The van der Waals surface area contributed by atoms with Gasteiger partial charge in [-0.3, -0.25) is 4.79 Å². The number of thiophene rings is 1. The first-order chi connectivity index (χ1) is 10.1. The maximum absolute atomic E-state index is 11.3. The Hall–Kier alpha value is -1.34. The van der Waals surface area contributed by atoms with Crippen LogP contribution in [-0.4, -0.2) is 33.6 Å². The zero-order chi connectivity index (χ0) is 15.4. The molecule has 0 bridgehead atoms. The molecule has 0 radical (unpaired) electrons. The van der Waals surface area contributed by atoms with Gasteiger partial charge in [-0.05, 0) is 25.8 Å². The second-order valence-corrected chi connectivity index (χ2v) is 6.68. The monoisotopic (exact) mass is 325 g/mol. The van der Waals surface area contributed by atoms with Crippen molar-refractivity contribution >= 4 is 29.1 Å². The molecule has 2 aromatic heterocycles. The molecule has 0 saturated carbocycles. The number of carbonyl (C=O) groups is 1. The fraction of sp³-hybridized carbons (Fsp3) is 0.500. The summed E-state index contributed by atoms with van der Waals surface area (Å²) in [6, 6.07) is 0. The van der Waals surface area contributed by atoms with Crippen LogP contribution in [0.1, 0.15) is 23.8 Å². The quantitative estimate of drug-likeness (QED) is 0.602. The van der Waals surface area contributed by atoms with Crippen LogP contribution in [0.25, 0.3) is 11.4 Å². The molecule has 114 valence electrons. The molecule has 2 aromatic rings. The summed E-state index contributed by atoms with van der Waals surface area (Å²) in [5.41, 5.74) is 2.37. The van der Waals surface area contributed by atoms with E-state index in [4.69, 9.17) is 0 Å². The van der Waals surface area contributed by atoms with Gasteiger partial charge >= 0.3 is 5.97 Å². The Morgan fingerprint density at radius 2 is 2.19 bits per heavy atom. The molecule has 0 saturated heterocycles. The van der Waals surface area contributed by atoms with Crippen LogP contribution in [0.5, 0.6) is 0 Å². The van der Waals surface area contributed by atoms with Crippen molar-refractivity contribution < 1.29 is 9.53 Å². The second kappa shape index (κ2) is 7.09. The van der Waals surface area contributed by atoms with E-state index < -0.39 is 0 Å². The summed E-state index contributed by atoms with van der Waals surface area (Å²) in [6.07, 6.45) is 0.985. The van der Waals surface area contributed by atoms with Gasteiger partial charge in [-0.1, -0.05) is 18.7 Å². The van der Waals surface area contributed by atoms with Gasteiger partial charge in [0.05, 0.1) is 12.9 Å². The van der Waals surface area contributed by atoms with Crippen LogP contribution in [-0.2, 0) is 16.1 Å². The summed E-state index contributed by atoms with van der Waals surface area (Å²) in [4.78, 5) is 12.6. The summed E-state index contributed by atoms with van der Waals surface area (Å²) < 4.78 is 6.76. The van der Waals surface area contributed by atoms with E-state index in [-0.39, 0.29) is 11.7 Å². The summed E-state index contributed by atoms with van der Waals surface area (Å²) >= 11 is 3.09. The molecule has 2 rings (SSSR count). The van der Waals surface area contributed by atoms with Gasteiger partial charge in [0.25, 0.3) is 0 Å². The predicted molar refractivity (Wildman–Crippen MR) is 85.8 cm³/mol. The van der Waals surface area contributed by atoms with Crippen LogP contribution in [0, 0.1) is 13.8 Å². The molecular weight excluding hydrogens is 306 g/mol. The molecule has 0 aliphatic carbocycles. The number of nitrogens with zero attached hydrogens (tertiary/aromatic N) is 3. The van der Waals surface area contributed by atoms with Crippen LogP contribution in [0.4, 0.5) is 0 Å². The molecule has 0 N–H and O–H groups in total. The Labute approximate surface area is 132 Å². The summed E-state index contributed by atoms with van der Waals surface area (Å²) in [5, 5.41) is 11.5. The highest BCUT2D eigenvalue weighted by Crippen LogP contribution is 2.31. The van der Waals surface area contributed by atoms with Crippen molar-refractivity contribution in [2.24, 2.45) is 0 Å². The molecule has 21 heavy (non-hydrogen) atoms. The van der Waals surface area contributed by atoms with Crippen LogP contribution in [0.3, 0.4) is 0 Å². The molecule has 0 spiro atoms. The lowest BCUT2D eigenvalue weighted by Gasteiger charge is -2.08. The average Bonchev–Trinajstić information content (AvgIpc) is 3.02. The number of aryl methyl sites for hydroxylation is 1. The number of hydrogen-bond donors (Lipinski definition) is 0.